The molecule has 0 amide bonds. The number of benzene rings is 2. The number of carbonyl (C=O) groups is 1. The van der Waals surface area contributed by atoms with Gasteiger partial charge in [0.05, 0.1) is 6.61 Å². The topological polar surface area (TPSA) is 26.3 Å². The van der Waals surface area contributed by atoms with Gasteiger partial charge in [0.25, 0.3) is 0 Å². The van der Waals surface area contributed by atoms with Gasteiger partial charge in [-0.1, -0.05) is 11.6 Å². The summed E-state index contributed by atoms with van der Waals surface area (Å²) >= 11 is 9.30. The highest BCUT2D eigenvalue weighted by atomic mass is 79.9. The normalized spacial score (nSPS) is 12.9. The van der Waals surface area contributed by atoms with Gasteiger partial charge in [0, 0.05) is 33.5 Å². The van der Waals surface area contributed by atoms with Crippen LogP contribution in [0.15, 0.2) is 34.8 Å². The zero-order chi connectivity index (χ0) is 15.0. The summed E-state index contributed by atoms with van der Waals surface area (Å²) in [6.45, 7) is 0.608. The van der Waals surface area contributed by atoms with Gasteiger partial charge in [0.1, 0.15) is 11.6 Å². The molecule has 0 aliphatic carbocycles. The summed E-state index contributed by atoms with van der Waals surface area (Å²) < 4.78 is 19.1. The number of rotatable bonds is 3. The van der Waals surface area contributed by atoms with Crippen LogP contribution in [0, 0.1) is 5.82 Å². The van der Waals surface area contributed by atoms with E-state index in [1.54, 1.807) is 6.07 Å². The van der Waals surface area contributed by atoms with E-state index in [0.717, 1.165) is 23.3 Å². The molecule has 0 saturated heterocycles. The predicted molar refractivity (Wildman–Crippen MR) is 82.8 cm³/mol. The number of carbonyl (C=O) groups excluding carboxylic acids is 1. The first-order valence-corrected chi connectivity index (χ1v) is 7.64. The second-order valence-electron chi connectivity index (χ2n) is 4.88. The standard InChI is InChI=1S/C16H11BrClFO2/c17-14-8-12(19)1-2-13(14)15(20)7-10-6-11(18)5-9-3-4-21-16(9)10/h1-2,5-6,8H,3-4,7H2. The smallest absolute Gasteiger partial charge is 0.168 e. The molecule has 0 unspecified atom stereocenters. The second-order valence-corrected chi connectivity index (χ2v) is 6.17. The van der Waals surface area contributed by atoms with Gasteiger partial charge >= 0.3 is 0 Å². The molecule has 1 aliphatic heterocycles. The first kappa shape index (κ1) is 14.5. The summed E-state index contributed by atoms with van der Waals surface area (Å²) in [7, 11) is 0. The molecule has 1 aliphatic rings. The molecule has 0 fully saturated rings. The molecule has 2 aromatic rings. The SMILES string of the molecule is O=C(Cc1cc(Cl)cc2c1OCC2)c1ccc(F)cc1Br. The van der Waals surface area contributed by atoms with Crippen LogP contribution in [0.3, 0.4) is 0 Å². The van der Waals surface area contributed by atoms with Gasteiger partial charge in [-0.05, 0) is 51.8 Å². The van der Waals surface area contributed by atoms with E-state index < -0.39 is 0 Å². The van der Waals surface area contributed by atoms with Gasteiger partial charge in [-0.15, -0.1) is 0 Å². The minimum Gasteiger partial charge on any atom is -0.493 e. The summed E-state index contributed by atoms with van der Waals surface area (Å²) in [5.41, 5.74) is 2.25. The summed E-state index contributed by atoms with van der Waals surface area (Å²) in [4.78, 5) is 12.4. The number of ketones is 1. The summed E-state index contributed by atoms with van der Waals surface area (Å²) in [6.07, 6.45) is 0.977. The Labute approximate surface area is 135 Å². The molecule has 2 nitrogen and oxygen atoms in total. The van der Waals surface area contributed by atoms with Crippen molar-refractivity contribution in [3.8, 4) is 5.75 Å². The average molecular weight is 370 g/mol. The minimum absolute atomic E-state index is 0.109. The van der Waals surface area contributed by atoms with Crippen molar-refractivity contribution in [2.45, 2.75) is 12.8 Å². The molecule has 3 rings (SSSR count). The van der Waals surface area contributed by atoms with Crippen molar-refractivity contribution in [2.75, 3.05) is 6.61 Å². The number of Topliss-reactive ketones (excluding diaryl/α,β-unsaturated/α-hetero) is 1. The Morgan fingerprint density at radius 3 is 2.90 bits per heavy atom. The largest absolute Gasteiger partial charge is 0.493 e. The third-order valence-electron chi connectivity index (χ3n) is 3.41. The predicted octanol–water partition coefficient (Wildman–Crippen LogP) is 4.60. The average Bonchev–Trinajstić information content (AvgIpc) is 2.86. The van der Waals surface area contributed by atoms with Gasteiger partial charge in [-0.25, -0.2) is 4.39 Å². The maximum Gasteiger partial charge on any atom is 0.168 e. The van der Waals surface area contributed by atoms with Crippen molar-refractivity contribution in [1.82, 2.24) is 0 Å². The molecule has 0 atom stereocenters. The molecule has 0 N–H and O–H groups in total. The maximum atomic E-state index is 13.1. The lowest BCUT2D eigenvalue weighted by Gasteiger charge is -2.09. The van der Waals surface area contributed by atoms with Crippen molar-refractivity contribution in [2.24, 2.45) is 0 Å². The lowest BCUT2D eigenvalue weighted by molar-refractivity contribution is 0.0991. The highest BCUT2D eigenvalue weighted by Crippen LogP contribution is 2.34. The fourth-order valence-corrected chi connectivity index (χ4v) is 3.30. The monoisotopic (exact) mass is 368 g/mol. The van der Waals surface area contributed by atoms with E-state index in [1.165, 1.54) is 18.2 Å². The number of hydrogen-bond donors (Lipinski definition) is 0. The fraction of sp³-hybridized carbons (Fsp3) is 0.188. The molecular weight excluding hydrogens is 359 g/mol. The number of fused-ring (bicyclic) bond motifs is 1. The molecule has 0 bridgehead atoms. The van der Waals surface area contributed by atoms with Crippen molar-refractivity contribution in [3.05, 3.63) is 62.3 Å². The molecule has 108 valence electrons. The van der Waals surface area contributed by atoms with Gasteiger partial charge in [0.2, 0.25) is 0 Å². The summed E-state index contributed by atoms with van der Waals surface area (Å²) in [5, 5.41) is 0.597. The van der Waals surface area contributed by atoms with E-state index in [4.69, 9.17) is 16.3 Å². The Hall–Kier alpha value is -1.39. The minimum atomic E-state index is -0.384. The van der Waals surface area contributed by atoms with Crippen LogP contribution in [0.2, 0.25) is 5.02 Å². The van der Waals surface area contributed by atoms with Crippen molar-refractivity contribution in [3.63, 3.8) is 0 Å². The highest BCUT2D eigenvalue weighted by Gasteiger charge is 2.20. The Morgan fingerprint density at radius 2 is 2.14 bits per heavy atom. The Kier molecular flexibility index (Phi) is 4.00. The highest BCUT2D eigenvalue weighted by molar-refractivity contribution is 9.10. The molecule has 2 aromatic carbocycles. The lowest BCUT2D eigenvalue weighted by Crippen LogP contribution is -2.06. The molecule has 0 radical (unpaired) electrons. The van der Waals surface area contributed by atoms with Gasteiger partial charge in [-0.3, -0.25) is 4.79 Å². The summed E-state index contributed by atoms with van der Waals surface area (Å²) in [6, 6.07) is 7.66. The van der Waals surface area contributed by atoms with E-state index in [2.05, 4.69) is 15.9 Å². The van der Waals surface area contributed by atoms with Crippen LogP contribution in [0.5, 0.6) is 5.75 Å². The van der Waals surface area contributed by atoms with Crippen LogP contribution in [0.25, 0.3) is 0 Å². The van der Waals surface area contributed by atoms with E-state index >= 15 is 0 Å². The zero-order valence-corrected chi connectivity index (χ0v) is 13.3. The van der Waals surface area contributed by atoms with E-state index in [1.807, 2.05) is 6.07 Å². The van der Waals surface area contributed by atoms with Crippen LogP contribution in [0.4, 0.5) is 4.39 Å². The lowest BCUT2D eigenvalue weighted by atomic mass is 10.00. The third kappa shape index (κ3) is 2.97. The van der Waals surface area contributed by atoms with E-state index in [-0.39, 0.29) is 18.0 Å². The molecular formula is C16H11BrClFO2. The number of halogens is 3. The van der Waals surface area contributed by atoms with Gasteiger partial charge in [-0.2, -0.15) is 0 Å². The molecule has 0 saturated carbocycles. The van der Waals surface area contributed by atoms with Crippen LogP contribution >= 0.6 is 27.5 Å². The Balaban J connectivity index is 1.92. The van der Waals surface area contributed by atoms with Crippen LogP contribution in [-0.4, -0.2) is 12.4 Å². The molecule has 1 heterocycles. The van der Waals surface area contributed by atoms with Gasteiger partial charge < -0.3 is 4.74 Å². The van der Waals surface area contributed by atoms with Gasteiger partial charge in [0.15, 0.2) is 5.78 Å². The maximum absolute atomic E-state index is 13.1. The number of hydrogen-bond acceptors (Lipinski definition) is 2. The quantitative estimate of drug-likeness (QED) is 0.739. The van der Waals surface area contributed by atoms with Crippen LogP contribution in [-0.2, 0) is 12.8 Å². The van der Waals surface area contributed by atoms with E-state index in [0.29, 0.717) is 21.7 Å². The Bertz CT molecular complexity index is 730. The summed E-state index contributed by atoms with van der Waals surface area (Å²) in [5.74, 6) is 0.262. The number of ether oxygens (including phenoxy) is 1. The van der Waals surface area contributed by atoms with Crippen molar-refractivity contribution < 1.29 is 13.9 Å². The second kappa shape index (κ2) is 5.78. The first-order chi connectivity index (χ1) is 10.0. The molecule has 21 heavy (non-hydrogen) atoms. The zero-order valence-electron chi connectivity index (χ0n) is 11.0. The van der Waals surface area contributed by atoms with Crippen LogP contribution in [0.1, 0.15) is 21.5 Å². The molecule has 0 spiro atoms. The van der Waals surface area contributed by atoms with Crippen molar-refractivity contribution >= 4 is 33.3 Å². The Morgan fingerprint density at radius 1 is 1.33 bits per heavy atom. The first-order valence-electron chi connectivity index (χ1n) is 6.47. The fourth-order valence-electron chi connectivity index (χ4n) is 2.46. The molecule has 5 heteroatoms. The van der Waals surface area contributed by atoms with E-state index in [9.17, 15) is 9.18 Å². The third-order valence-corrected chi connectivity index (χ3v) is 4.28. The molecule has 0 aromatic heterocycles. The van der Waals surface area contributed by atoms with Crippen LogP contribution < -0.4 is 4.74 Å². The van der Waals surface area contributed by atoms with Crippen molar-refractivity contribution in [1.29, 1.82) is 0 Å².